The van der Waals surface area contributed by atoms with Gasteiger partial charge in [-0.25, -0.2) is 4.98 Å². The van der Waals surface area contributed by atoms with Crippen LogP contribution in [0.15, 0.2) is 97.2 Å². The fraction of sp³-hybridized carbons (Fsp3) is 0.121. The largest absolute Gasteiger partial charge is 0.516 e. The van der Waals surface area contributed by atoms with E-state index in [-0.39, 0.29) is 9.99 Å². The zero-order valence-corrected chi connectivity index (χ0v) is 26.3. The minimum absolute atomic E-state index is 0.142. The Labute approximate surface area is 269 Å². The lowest BCUT2D eigenvalue weighted by Gasteiger charge is -2.21. The molecule has 0 aliphatic carbocycles. The van der Waals surface area contributed by atoms with Crippen molar-refractivity contribution >= 4 is 51.1 Å². The Balaban J connectivity index is 1.24. The zero-order valence-electron chi connectivity index (χ0n) is 24.0. The van der Waals surface area contributed by atoms with Gasteiger partial charge in [0.15, 0.2) is 0 Å². The molecule has 0 aliphatic rings. The van der Waals surface area contributed by atoms with Crippen molar-refractivity contribution in [1.82, 2.24) is 9.55 Å². The third kappa shape index (κ3) is 7.19. The monoisotopic (exact) mass is 671 g/mol. The third-order valence-corrected chi connectivity index (χ3v) is 9.03. The zero-order chi connectivity index (χ0) is 32.4. The Morgan fingerprint density at radius 1 is 0.867 bits per heavy atom. The highest BCUT2D eigenvalue weighted by Gasteiger charge is 2.49. The summed E-state index contributed by atoms with van der Waals surface area (Å²) in [6.45, 7) is 2.79. The van der Waals surface area contributed by atoms with Crippen LogP contribution in [0.5, 0.6) is 11.5 Å². The van der Waals surface area contributed by atoms with Gasteiger partial charge >= 0.3 is 15.5 Å². The Kier molecular flexibility index (Phi) is 9.29. The average molecular weight is 673 g/mol. The Bertz CT molecular complexity index is 1940. The number of nitrogens with zero attached hydrogens (tertiary/aromatic N) is 3. The van der Waals surface area contributed by atoms with E-state index in [0.29, 0.717) is 21.5 Å². The van der Waals surface area contributed by atoms with Gasteiger partial charge in [-0.05, 0) is 84.3 Å². The molecule has 1 heterocycles. The molecular weight excluding hydrogens is 646 g/mol. The standard InChI is InChI=1S/C33H26Cl2F3N3O3S/c1-3-41-21-31(29-18-11-25(34)20-30(29)35)39-32(41)19-6-22-4-7-23(8-5-22)24-9-14-27(15-10-24)44-28-16-12-26(13-17-28)40(2)45(42,43)33(36,37)38/h4-21H,3H2,1-2H3/b19-6+. The van der Waals surface area contributed by atoms with Crippen molar-refractivity contribution in [2.24, 2.45) is 0 Å². The molecule has 232 valence electrons. The molecule has 0 saturated carbocycles. The number of hydrogen-bond acceptors (Lipinski definition) is 4. The fourth-order valence-corrected chi connectivity index (χ4v) is 5.69. The van der Waals surface area contributed by atoms with Crippen LogP contribution in [0.2, 0.25) is 10.0 Å². The second-order valence-corrected chi connectivity index (χ2v) is 12.7. The first-order valence-corrected chi connectivity index (χ1v) is 15.8. The first kappa shape index (κ1) is 32.2. The van der Waals surface area contributed by atoms with Crippen LogP contribution in [0.3, 0.4) is 0 Å². The van der Waals surface area contributed by atoms with E-state index in [2.05, 4.69) is 0 Å². The van der Waals surface area contributed by atoms with Crippen molar-refractivity contribution in [3.63, 3.8) is 0 Å². The minimum atomic E-state index is -5.49. The van der Waals surface area contributed by atoms with Gasteiger partial charge in [-0.3, -0.25) is 4.31 Å². The summed E-state index contributed by atoms with van der Waals surface area (Å²) in [7, 11) is -4.64. The quantitative estimate of drug-likeness (QED) is 0.156. The van der Waals surface area contributed by atoms with Gasteiger partial charge in [-0.1, -0.05) is 65.7 Å². The first-order chi connectivity index (χ1) is 21.4. The number of aryl methyl sites for hydroxylation is 1. The summed E-state index contributed by atoms with van der Waals surface area (Å²) in [4.78, 5) is 4.76. The molecule has 5 aromatic rings. The summed E-state index contributed by atoms with van der Waals surface area (Å²) in [5.41, 5.74) is -1.02. The average Bonchev–Trinajstić information content (AvgIpc) is 3.43. The maximum atomic E-state index is 12.8. The Hall–Kier alpha value is -4.25. The number of aromatic nitrogens is 2. The molecule has 5 rings (SSSR count). The number of hydrogen-bond donors (Lipinski definition) is 0. The molecule has 0 unspecified atom stereocenters. The predicted octanol–water partition coefficient (Wildman–Crippen LogP) is 9.79. The molecule has 45 heavy (non-hydrogen) atoms. The second-order valence-electron chi connectivity index (χ2n) is 9.89. The first-order valence-electron chi connectivity index (χ1n) is 13.6. The maximum Gasteiger partial charge on any atom is 0.516 e. The van der Waals surface area contributed by atoms with Crippen LogP contribution in [0.1, 0.15) is 18.3 Å². The van der Waals surface area contributed by atoms with E-state index in [1.54, 1.807) is 24.3 Å². The highest BCUT2D eigenvalue weighted by Crippen LogP contribution is 2.33. The van der Waals surface area contributed by atoms with Crippen LogP contribution in [0.4, 0.5) is 18.9 Å². The van der Waals surface area contributed by atoms with Crippen LogP contribution < -0.4 is 9.04 Å². The van der Waals surface area contributed by atoms with E-state index < -0.39 is 15.5 Å². The number of sulfonamides is 1. The third-order valence-electron chi connectivity index (χ3n) is 6.97. The van der Waals surface area contributed by atoms with Crippen molar-refractivity contribution in [2.45, 2.75) is 19.0 Å². The molecule has 0 amide bonds. The van der Waals surface area contributed by atoms with Crippen molar-refractivity contribution in [3.8, 4) is 33.9 Å². The number of rotatable bonds is 9. The van der Waals surface area contributed by atoms with Gasteiger partial charge in [0.1, 0.15) is 17.3 Å². The molecule has 0 radical (unpaired) electrons. The van der Waals surface area contributed by atoms with Crippen LogP contribution in [-0.2, 0) is 16.6 Å². The molecule has 0 aliphatic heterocycles. The van der Waals surface area contributed by atoms with E-state index in [0.717, 1.165) is 47.4 Å². The van der Waals surface area contributed by atoms with E-state index in [1.165, 1.54) is 24.3 Å². The fourth-order valence-electron chi connectivity index (χ4n) is 4.47. The van der Waals surface area contributed by atoms with Gasteiger partial charge < -0.3 is 9.30 Å². The van der Waals surface area contributed by atoms with Crippen LogP contribution in [0.25, 0.3) is 34.5 Å². The molecule has 0 atom stereocenters. The van der Waals surface area contributed by atoms with Crippen molar-refractivity contribution in [2.75, 3.05) is 11.4 Å². The lowest BCUT2D eigenvalue weighted by Crippen LogP contribution is -2.38. The van der Waals surface area contributed by atoms with Gasteiger partial charge in [-0.15, -0.1) is 0 Å². The molecule has 0 fully saturated rings. The van der Waals surface area contributed by atoms with Crippen LogP contribution >= 0.6 is 23.2 Å². The summed E-state index contributed by atoms with van der Waals surface area (Å²) in [6, 6.07) is 26.0. The van der Waals surface area contributed by atoms with Gasteiger partial charge in [-0.2, -0.15) is 21.6 Å². The summed E-state index contributed by atoms with van der Waals surface area (Å²) in [6.07, 6.45) is 5.91. The number of ether oxygens (including phenoxy) is 1. The highest BCUT2D eigenvalue weighted by molar-refractivity contribution is 7.93. The topological polar surface area (TPSA) is 64.4 Å². The Morgan fingerprint density at radius 2 is 1.44 bits per heavy atom. The lowest BCUT2D eigenvalue weighted by molar-refractivity contribution is -0.0437. The Morgan fingerprint density at radius 3 is 2.00 bits per heavy atom. The normalized spacial score (nSPS) is 12.1. The highest BCUT2D eigenvalue weighted by atomic mass is 35.5. The van der Waals surface area contributed by atoms with Crippen molar-refractivity contribution < 1.29 is 26.3 Å². The minimum Gasteiger partial charge on any atom is -0.457 e. The lowest BCUT2D eigenvalue weighted by atomic mass is 10.0. The molecular formula is C33H26Cl2F3N3O3S. The number of imidazole rings is 1. The summed E-state index contributed by atoms with van der Waals surface area (Å²) >= 11 is 12.4. The summed E-state index contributed by atoms with van der Waals surface area (Å²) in [5.74, 6) is 1.65. The SMILES string of the molecule is CCn1cc(-c2ccc(Cl)cc2Cl)nc1/C=C/c1ccc(-c2ccc(Oc3ccc(N(C)S(=O)(=O)C(F)(F)F)cc3)cc2)cc1. The van der Waals surface area contributed by atoms with E-state index in [4.69, 9.17) is 32.9 Å². The van der Waals surface area contributed by atoms with Gasteiger partial charge in [0, 0.05) is 30.4 Å². The molecule has 0 N–H and O–H groups in total. The molecule has 1 aromatic heterocycles. The summed E-state index contributed by atoms with van der Waals surface area (Å²) < 4.78 is 69.8. The van der Waals surface area contributed by atoms with E-state index in [1.807, 2.05) is 72.3 Å². The molecule has 0 saturated heterocycles. The number of alkyl halides is 3. The smallest absolute Gasteiger partial charge is 0.457 e. The summed E-state index contributed by atoms with van der Waals surface area (Å²) in [5, 5.41) is 1.11. The van der Waals surface area contributed by atoms with E-state index in [9.17, 15) is 21.6 Å². The van der Waals surface area contributed by atoms with E-state index >= 15 is 0 Å². The number of anilines is 1. The van der Waals surface area contributed by atoms with Crippen molar-refractivity contribution in [3.05, 3.63) is 119 Å². The molecule has 0 spiro atoms. The van der Waals surface area contributed by atoms with Crippen LogP contribution in [-0.4, -0.2) is 30.5 Å². The molecule has 12 heteroatoms. The van der Waals surface area contributed by atoms with Gasteiger partial charge in [0.25, 0.3) is 0 Å². The molecule has 4 aromatic carbocycles. The predicted molar refractivity (Wildman–Crippen MR) is 174 cm³/mol. The maximum absolute atomic E-state index is 12.8. The second kappa shape index (κ2) is 13.0. The van der Waals surface area contributed by atoms with Crippen LogP contribution in [0, 0.1) is 0 Å². The number of halogens is 5. The van der Waals surface area contributed by atoms with Gasteiger partial charge in [0.05, 0.1) is 16.4 Å². The van der Waals surface area contributed by atoms with Crippen molar-refractivity contribution in [1.29, 1.82) is 0 Å². The molecule has 0 bridgehead atoms. The number of benzene rings is 4. The molecule has 6 nitrogen and oxygen atoms in total. The van der Waals surface area contributed by atoms with Gasteiger partial charge in [0.2, 0.25) is 0 Å².